The molecular formula is C22H27NO. The van der Waals surface area contributed by atoms with Crippen molar-refractivity contribution in [1.82, 2.24) is 0 Å². The molecule has 2 heteroatoms. The van der Waals surface area contributed by atoms with Gasteiger partial charge in [0.2, 0.25) is 0 Å². The zero-order chi connectivity index (χ0) is 16.7. The molecule has 2 nitrogen and oxygen atoms in total. The Morgan fingerprint density at radius 3 is 2.38 bits per heavy atom. The highest BCUT2D eigenvalue weighted by atomic mass is 16.3. The molecule has 2 aromatic rings. The van der Waals surface area contributed by atoms with Crippen LogP contribution in [0.4, 0.5) is 5.69 Å². The maximum atomic E-state index is 10.9. The smallest absolute Gasteiger partial charge is 0.0853 e. The molecular weight excluding hydrogens is 294 g/mol. The van der Waals surface area contributed by atoms with Gasteiger partial charge in [0, 0.05) is 24.2 Å². The van der Waals surface area contributed by atoms with E-state index in [0.29, 0.717) is 5.92 Å². The first-order valence-corrected chi connectivity index (χ1v) is 9.20. The van der Waals surface area contributed by atoms with Crippen molar-refractivity contribution >= 4 is 5.69 Å². The van der Waals surface area contributed by atoms with E-state index < -0.39 is 0 Å². The fourth-order valence-electron chi connectivity index (χ4n) is 4.67. The summed E-state index contributed by atoms with van der Waals surface area (Å²) in [6.07, 6.45) is 2.87. The summed E-state index contributed by atoms with van der Waals surface area (Å²) < 4.78 is 0. The van der Waals surface area contributed by atoms with Gasteiger partial charge in [-0.1, -0.05) is 56.3 Å². The van der Waals surface area contributed by atoms with Crippen molar-refractivity contribution in [2.75, 3.05) is 18.0 Å². The van der Waals surface area contributed by atoms with Gasteiger partial charge < -0.3 is 10.0 Å². The molecule has 1 fully saturated rings. The average Bonchev–Trinajstić information content (AvgIpc) is 2.88. The molecule has 4 rings (SSSR count). The average molecular weight is 321 g/mol. The molecule has 0 bridgehead atoms. The third-order valence-corrected chi connectivity index (χ3v) is 6.13. The maximum absolute atomic E-state index is 10.9. The van der Waals surface area contributed by atoms with E-state index in [2.05, 4.69) is 67.3 Å². The van der Waals surface area contributed by atoms with Crippen LogP contribution in [0.2, 0.25) is 0 Å². The minimum atomic E-state index is -0.295. The number of aliphatic hydroxyl groups excluding tert-OH is 1. The molecule has 1 atom stereocenters. The minimum absolute atomic E-state index is 0.0486. The predicted octanol–water partition coefficient (Wildman–Crippen LogP) is 4.69. The van der Waals surface area contributed by atoms with Gasteiger partial charge in [-0.3, -0.25) is 0 Å². The number of para-hydroxylation sites is 1. The molecule has 24 heavy (non-hydrogen) atoms. The van der Waals surface area contributed by atoms with Gasteiger partial charge in [-0.25, -0.2) is 0 Å². The molecule has 0 radical (unpaired) electrons. The van der Waals surface area contributed by atoms with E-state index in [1.54, 1.807) is 0 Å². The van der Waals surface area contributed by atoms with Gasteiger partial charge in [-0.05, 0) is 47.9 Å². The van der Waals surface area contributed by atoms with E-state index in [-0.39, 0.29) is 11.5 Å². The Hall–Kier alpha value is -1.80. The topological polar surface area (TPSA) is 23.5 Å². The van der Waals surface area contributed by atoms with Crippen LogP contribution >= 0.6 is 0 Å². The number of hydrogen-bond acceptors (Lipinski definition) is 2. The number of anilines is 1. The van der Waals surface area contributed by atoms with Crippen LogP contribution in [0.3, 0.4) is 0 Å². The van der Waals surface area contributed by atoms with Gasteiger partial charge in [0.1, 0.15) is 0 Å². The summed E-state index contributed by atoms with van der Waals surface area (Å²) in [4.78, 5) is 2.52. The summed E-state index contributed by atoms with van der Waals surface area (Å²) in [6.45, 7) is 6.60. The van der Waals surface area contributed by atoms with Crippen molar-refractivity contribution in [2.45, 2.75) is 45.1 Å². The molecule has 126 valence electrons. The van der Waals surface area contributed by atoms with Crippen LogP contribution in [0, 0.1) is 5.41 Å². The highest BCUT2D eigenvalue weighted by molar-refractivity contribution is 5.55. The predicted molar refractivity (Wildman–Crippen MR) is 99.5 cm³/mol. The Morgan fingerprint density at radius 2 is 1.67 bits per heavy atom. The van der Waals surface area contributed by atoms with Gasteiger partial charge in [-0.2, -0.15) is 0 Å². The van der Waals surface area contributed by atoms with Crippen LogP contribution in [0.5, 0.6) is 0 Å². The van der Waals surface area contributed by atoms with Crippen LogP contribution in [-0.4, -0.2) is 18.2 Å². The molecule has 1 unspecified atom stereocenters. The number of aliphatic hydroxyl groups is 1. The normalized spacial score (nSPS) is 22.2. The zero-order valence-corrected chi connectivity index (χ0v) is 14.7. The van der Waals surface area contributed by atoms with Crippen molar-refractivity contribution in [1.29, 1.82) is 0 Å². The van der Waals surface area contributed by atoms with Crippen molar-refractivity contribution in [3.05, 3.63) is 65.2 Å². The maximum Gasteiger partial charge on any atom is 0.0853 e. The largest absolute Gasteiger partial charge is 0.388 e. The van der Waals surface area contributed by atoms with Gasteiger partial charge in [0.05, 0.1) is 6.10 Å². The molecule has 1 saturated heterocycles. The lowest BCUT2D eigenvalue weighted by Gasteiger charge is -2.43. The van der Waals surface area contributed by atoms with E-state index in [0.717, 1.165) is 37.9 Å². The van der Waals surface area contributed by atoms with Crippen LogP contribution < -0.4 is 4.90 Å². The summed E-state index contributed by atoms with van der Waals surface area (Å²) in [5.41, 5.74) is 5.37. The lowest BCUT2D eigenvalue weighted by Crippen LogP contribution is -2.42. The first-order chi connectivity index (χ1) is 11.6. The fourth-order valence-corrected chi connectivity index (χ4v) is 4.67. The van der Waals surface area contributed by atoms with Crippen molar-refractivity contribution < 1.29 is 5.11 Å². The molecule has 2 aromatic carbocycles. The molecule has 0 amide bonds. The number of fused-ring (bicyclic) bond motifs is 1. The second-order valence-electron chi connectivity index (χ2n) is 7.84. The highest BCUT2D eigenvalue weighted by Gasteiger charge is 2.46. The molecule has 2 aliphatic rings. The van der Waals surface area contributed by atoms with E-state index in [4.69, 9.17) is 0 Å². The van der Waals surface area contributed by atoms with Gasteiger partial charge >= 0.3 is 0 Å². The van der Waals surface area contributed by atoms with Gasteiger partial charge in [0.25, 0.3) is 0 Å². The minimum Gasteiger partial charge on any atom is -0.388 e. The molecule has 0 saturated carbocycles. The van der Waals surface area contributed by atoms with Crippen molar-refractivity contribution in [2.24, 2.45) is 5.41 Å². The lowest BCUT2D eigenvalue weighted by molar-refractivity contribution is 0.0196. The van der Waals surface area contributed by atoms with Crippen LogP contribution in [0.1, 0.15) is 55.4 Å². The van der Waals surface area contributed by atoms with E-state index in [9.17, 15) is 5.11 Å². The lowest BCUT2D eigenvalue weighted by atomic mass is 9.74. The first-order valence-electron chi connectivity index (χ1n) is 9.20. The van der Waals surface area contributed by atoms with Crippen LogP contribution in [-0.2, 0) is 6.42 Å². The Morgan fingerprint density at radius 1 is 1.00 bits per heavy atom. The second-order valence-corrected chi connectivity index (χ2v) is 7.84. The summed E-state index contributed by atoms with van der Waals surface area (Å²) in [5.74, 6) is 0.540. The molecule has 1 aliphatic carbocycles. The monoisotopic (exact) mass is 321 g/mol. The number of nitrogens with zero attached hydrogens (tertiary/aromatic N) is 1. The van der Waals surface area contributed by atoms with Crippen LogP contribution in [0.15, 0.2) is 48.5 Å². The fraction of sp³-hybridized carbons (Fsp3) is 0.455. The molecule has 1 aliphatic heterocycles. The summed E-state index contributed by atoms with van der Waals surface area (Å²) in [6, 6.07) is 17.2. The standard InChI is InChI=1S/C22H27NO/c1-16(2)18-8-5-6-10-20(18)23-13-11-22(12-14-23)15-17-7-3-4-9-19(17)21(22)24/h3-10,16,21,24H,11-15H2,1-2H3. The molecule has 1 heterocycles. The van der Waals surface area contributed by atoms with E-state index in [1.165, 1.54) is 16.8 Å². The summed E-state index contributed by atoms with van der Waals surface area (Å²) in [7, 11) is 0. The van der Waals surface area contributed by atoms with Gasteiger partial charge in [0.15, 0.2) is 0 Å². The first kappa shape index (κ1) is 15.7. The quantitative estimate of drug-likeness (QED) is 0.867. The van der Waals surface area contributed by atoms with Gasteiger partial charge in [-0.15, -0.1) is 0 Å². The Balaban J connectivity index is 1.55. The van der Waals surface area contributed by atoms with Crippen molar-refractivity contribution in [3.63, 3.8) is 0 Å². The zero-order valence-electron chi connectivity index (χ0n) is 14.7. The summed E-state index contributed by atoms with van der Waals surface area (Å²) in [5, 5.41) is 10.9. The number of benzene rings is 2. The molecule has 1 spiro atoms. The number of piperidine rings is 1. The Bertz CT molecular complexity index is 728. The highest BCUT2D eigenvalue weighted by Crippen LogP contribution is 2.52. The van der Waals surface area contributed by atoms with E-state index in [1.807, 2.05) is 0 Å². The molecule has 1 N–H and O–H groups in total. The van der Waals surface area contributed by atoms with Crippen molar-refractivity contribution in [3.8, 4) is 0 Å². The third kappa shape index (κ3) is 2.44. The Kier molecular flexibility index (Phi) is 3.88. The number of rotatable bonds is 2. The third-order valence-electron chi connectivity index (χ3n) is 6.13. The SMILES string of the molecule is CC(C)c1ccccc1N1CCC2(CC1)Cc1ccccc1C2O. The van der Waals surface area contributed by atoms with Crippen LogP contribution in [0.25, 0.3) is 0 Å². The second kappa shape index (κ2) is 5.93. The number of hydrogen-bond donors (Lipinski definition) is 1. The summed E-state index contributed by atoms with van der Waals surface area (Å²) >= 11 is 0. The Labute approximate surface area is 145 Å². The van der Waals surface area contributed by atoms with E-state index >= 15 is 0 Å². The molecule has 0 aromatic heterocycles.